The summed E-state index contributed by atoms with van der Waals surface area (Å²) < 4.78 is 0. The van der Waals surface area contributed by atoms with Crippen molar-refractivity contribution in [2.45, 2.75) is 13.0 Å². The highest BCUT2D eigenvalue weighted by Crippen LogP contribution is 2.17. The van der Waals surface area contributed by atoms with Crippen molar-refractivity contribution >= 4 is 17.4 Å². The summed E-state index contributed by atoms with van der Waals surface area (Å²) in [5.74, 6) is 0.0141. The van der Waals surface area contributed by atoms with Gasteiger partial charge in [0, 0.05) is 29.7 Å². The summed E-state index contributed by atoms with van der Waals surface area (Å²) in [6, 6.07) is 10.8. The lowest BCUT2D eigenvalue weighted by Crippen LogP contribution is -2.07. The van der Waals surface area contributed by atoms with Crippen LogP contribution in [-0.2, 0) is 13.0 Å². The summed E-state index contributed by atoms with van der Waals surface area (Å²) >= 11 is 6.03. The SMILES string of the molecule is NCc1cc(C(=O)Cc2ccccc2Cl)ccn1. The zero-order valence-corrected chi connectivity index (χ0v) is 10.5. The van der Waals surface area contributed by atoms with Gasteiger partial charge in [0.15, 0.2) is 5.78 Å². The van der Waals surface area contributed by atoms with Crippen LogP contribution in [0.3, 0.4) is 0 Å². The minimum atomic E-state index is 0.0141. The number of nitrogens with zero attached hydrogens (tertiary/aromatic N) is 1. The molecular formula is C14H13ClN2O. The van der Waals surface area contributed by atoms with Crippen molar-refractivity contribution in [1.29, 1.82) is 0 Å². The maximum absolute atomic E-state index is 12.1. The van der Waals surface area contributed by atoms with E-state index in [4.69, 9.17) is 17.3 Å². The van der Waals surface area contributed by atoms with Crippen molar-refractivity contribution in [3.8, 4) is 0 Å². The van der Waals surface area contributed by atoms with E-state index in [0.717, 1.165) is 5.56 Å². The number of benzene rings is 1. The molecule has 3 nitrogen and oxygen atoms in total. The minimum absolute atomic E-state index is 0.0141. The van der Waals surface area contributed by atoms with Crippen molar-refractivity contribution in [1.82, 2.24) is 4.98 Å². The summed E-state index contributed by atoms with van der Waals surface area (Å²) in [4.78, 5) is 16.2. The van der Waals surface area contributed by atoms with E-state index >= 15 is 0 Å². The normalized spacial score (nSPS) is 10.3. The highest BCUT2D eigenvalue weighted by atomic mass is 35.5. The summed E-state index contributed by atoms with van der Waals surface area (Å²) in [7, 11) is 0. The molecule has 0 bridgehead atoms. The van der Waals surface area contributed by atoms with Crippen LogP contribution in [0.25, 0.3) is 0 Å². The Kier molecular flexibility index (Phi) is 4.07. The fourth-order valence-corrected chi connectivity index (χ4v) is 1.88. The topological polar surface area (TPSA) is 56.0 Å². The van der Waals surface area contributed by atoms with Crippen LogP contribution in [0.5, 0.6) is 0 Å². The van der Waals surface area contributed by atoms with Gasteiger partial charge < -0.3 is 5.73 Å². The quantitative estimate of drug-likeness (QED) is 0.860. The average Bonchev–Trinajstić information content (AvgIpc) is 2.41. The minimum Gasteiger partial charge on any atom is -0.325 e. The number of pyridine rings is 1. The summed E-state index contributed by atoms with van der Waals surface area (Å²) in [5, 5.41) is 0.610. The highest BCUT2D eigenvalue weighted by molar-refractivity contribution is 6.31. The summed E-state index contributed by atoms with van der Waals surface area (Å²) in [6.45, 7) is 0.327. The Morgan fingerprint density at radius 3 is 2.78 bits per heavy atom. The van der Waals surface area contributed by atoms with Gasteiger partial charge in [0.25, 0.3) is 0 Å². The molecule has 0 spiro atoms. The first kappa shape index (κ1) is 12.7. The van der Waals surface area contributed by atoms with E-state index in [1.54, 1.807) is 24.4 Å². The maximum Gasteiger partial charge on any atom is 0.167 e. The van der Waals surface area contributed by atoms with Crippen LogP contribution < -0.4 is 5.73 Å². The van der Waals surface area contributed by atoms with Crippen LogP contribution in [-0.4, -0.2) is 10.8 Å². The molecule has 0 aliphatic heterocycles. The van der Waals surface area contributed by atoms with Gasteiger partial charge in [-0.25, -0.2) is 0 Å². The summed E-state index contributed by atoms with van der Waals surface area (Å²) in [5.41, 5.74) is 7.65. The Bertz CT molecular complexity index is 569. The van der Waals surface area contributed by atoms with Crippen LogP contribution >= 0.6 is 11.6 Å². The van der Waals surface area contributed by atoms with Gasteiger partial charge in [-0.15, -0.1) is 0 Å². The van der Waals surface area contributed by atoms with Crippen LogP contribution in [0.15, 0.2) is 42.6 Å². The highest BCUT2D eigenvalue weighted by Gasteiger charge is 2.09. The van der Waals surface area contributed by atoms with Gasteiger partial charge in [0.05, 0.1) is 5.69 Å². The second-order valence-corrected chi connectivity index (χ2v) is 4.34. The Labute approximate surface area is 111 Å². The standard InChI is InChI=1S/C14H13ClN2O/c15-13-4-2-1-3-10(13)8-14(18)11-5-6-17-12(7-11)9-16/h1-7H,8-9,16H2. The molecule has 0 unspecified atom stereocenters. The molecule has 1 heterocycles. The van der Waals surface area contributed by atoms with Crippen LogP contribution in [0.2, 0.25) is 5.02 Å². The first-order valence-corrected chi connectivity index (χ1v) is 6.00. The number of nitrogens with two attached hydrogens (primary N) is 1. The van der Waals surface area contributed by atoms with Crippen LogP contribution in [0.4, 0.5) is 0 Å². The number of Topliss-reactive ketones (excluding diaryl/α,β-unsaturated/α-hetero) is 1. The van der Waals surface area contributed by atoms with Gasteiger partial charge in [0.1, 0.15) is 0 Å². The molecule has 1 aromatic heterocycles. The monoisotopic (exact) mass is 260 g/mol. The largest absolute Gasteiger partial charge is 0.325 e. The zero-order chi connectivity index (χ0) is 13.0. The molecule has 0 aliphatic rings. The zero-order valence-electron chi connectivity index (χ0n) is 9.77. The number of ketones is 1. The van der Waals surface area contributed by atoms with Gasteiger partial charge in [-0.05, 0) is 23.8 Å². The smallest absolute Gasteiger partial charge is 0.167 e. The molecule has 1 aromatic carbocycles. The molecule has 0 amide bonds. The number of aromatic nitrogens is 1. The van der Waals surface area contributed by atoms with Crippen molar-refractivity contribution in [2.75, 3.05) is 0 Å². The fraction of sp³-hybridized carbons (Fsp3) is 0.143. The lowest BCUT2D eigenvalue weighted by molar-refractivity contribution is 0.0993. The average molecular weight is 261 g/mol. The number of carbonyl (C=O) groups is 1. The molecule has 0 fully saturated rings. The number of hydrogen-bond donors (Lipinski definition) is 1. The van der Waals surface area contributed by atoms with E-state index in [2.05, 4.69) is 4.98 Å². The number of halogens is 1. The van der Waals surface area contributed by atoms with E-state index in [-0.39, 0.29) is 12.2 Å². The molecule has 0 saturated heterocycles. The molecule has 2 rings (SSSR count). The van der Waals surface area contributed by atoms with Gasteiger partial charge in [-0.1, -0.05) is 29.8 Å². The maximum atomic E-state index is 12.1. The predicted molar refractivity (Wildman–Crippen MR) is 71.6 cm³/mol. The van der Waals surface area contributed by atoms with Crippen molar-refractivity contribution in [2.24, 2.45) is 5.73 Å². The molecule has 2 N–H and O–H groups in total. The van der Waals surface area contributed by atoms with E-state index in [1.807, 2.05) is 18.2 Å². The van der Waals surface area contributed by atoms with Crippen molar-refractivity contribution in [3.63, 3.8) is 0 Å². The second-order valence-electron chi connectivity index (χ2n) is 3.93. The predicted octanol–water partition coefficient (Wildman–Crippen LogP) is 2.62. The molecule has 0 aliphatic carbocycles. The fourth-order valence-electron chi connectivity index (χ4n) is 1.68. The first-order chi connectivity index (χ1) is 8.70. The Hall–Kier alpha value is -1.71. The van der Waals surface area contributed by atoms with E-state index in [1.165, 1.54) is 0 Å². The molecule has 0 atom stereocenters. The van der Waals surface area contributed by atoms with E-state index in [0.29, 0.717) is 22.8 Å². The lowest BCUT2D eigenvalue weighted by atomic mass is 10.0. The third kappa shape index (κ3) is 2.94. The molecule has 0 radical (unpaired) electrons. The first-order valence-electron chi connectivity index (χ1n) is 5.62. The molecule has 2 aromatic rings. The third-order valence-electron chi connectivity index (χ3n) is 2.66. The molecule has 18 heavy (non-hydrogen) atoms. The molecular weight excluding hydrogens is 248 g/mol. The molecule has 92 valence electrons. The van der Waals surface area contributed by atoms with E-state index in [9.17, 15) is 4.79 Å². The Morgan fingerprint density at radius 2 is 2.06 bits per heavy atom. The number of carbonyl (C=O) groups excluding carboxylic acids is 1. The van der Waals surface area contributed by atoms with E-state index < -0.39 is 0 Å². The third-order valence-corrected chi connectivity index (χ3v) is 3.03. The second kappa shape index (κ2) is 5.76. The Morgan fingerprint density at radius 1 is 1.28 bits per heavy atom. The van der Waals surface area contributed by atoms with Crippen molar-refractivity contribution < 1.29 is 4.79 Å². The molecule has 4 heteroatoms. The number of rotatable bonds is 4. The van der Waals surface area contributed by atoms with Crippen molar-refractivity contribution in [3.05, 3.63) is 64.4 Å². The van der Waals surface area contributed by atoms with Gasteiger partial charge in [-0.2, -0.15) is 0 Å². The number of hydrogen-bond acceptors (Lipinski definition) is 3. The summed E-state index contributed by atoms with van der Waals surface area (Å²) in [6.07, 6.45) is 1.88. The van der Waals surface area contributed by atoms with Gasteiger partial charge in [0.2, 0.25) is 0 Å². The van der Waals surface area contributed by atoms with Gasteiger partial charge in [-0.3, -0.25) is 9.78 Å². The van der Waals surface area contributed by atoms with Crippen LogP contribution in [0, 0.1) is 0 Å². The molecule has 0 saturated carbocycles. The van der Waals surface area contributed by atoms with Gasteiger partial charge >= 0.3 is 0 Å². The Balaban J connectivity index is 2.19. The van der Waals surface area contributed by atoms with Crippen LogP contribution in [0.1, 0.15) is 21.6 Å². The lowest BCUT2D eigenvalue weighted by Gasteiger charge is -2.04.